The van der Waals surface area contributed by atoms with Gasteiger partial charge < -0.3 is 9.26 Å². The fraction of sp³-hybridized carbons (Fsp3) is 0.550. The number of hydrogen-bond donors (Lipinski definition) is 0. The van der Waals surface area contributed by atoms with Gasteiger partial charge in [0.2, 0.25) is 0 Å². The highest BCUT2D eigenvalue weighted by molar-refractivity contribution is 5.21. The molecule has 1 aromatic carbocycles. The van der Waals surface area contributed by atoms with Crippen LogP contribution < -0.4 is 0 Å². The average molecular weight is 343 g/mol. The van der Waals surface area contributed by atoms with Gasteiger partial charge in [-0.1, -0.05) is 35.5 Å². The van der Waals surface area contributed by atoms with E-state index in [1.54, 1.807) is 0 Å². The largest absolute Gasteiger partial charge is 0.379 e. The molecule has 0 N–H and O–H groups in total. The van der Waals surface area contributed by atoms with Crippen molar-refractivity contribution in [1.82, 2.24) is 15.0 Å². The average Bonchev–Trinajstić information content (AvgIpc) is 2.95. The maximum Gasteiger partial charge on any atom is 0.138 e. The van der Waals surface area contributed by atoms with Crippen LogP contribution in [0, 0.1) is 13.8 Å². The molecule has 0 bridgehead atoms. The normalized spacial score (nSPS) is 17.1. The van der Waals surface area contributed by atoms with Gasteiger partial charge in [-0.05, 0) is 26.3 Å². The number of ether oxygens (including phenoxy) is 1. The Morgan fingerprint density at radius 3 is 2.48 bits per heavy atom. The van der Waals surface area contributed by atoms with Gasteiger partial charge >= 0.3 is 0 Å². The zero-order valence-electron chi connectivity index (χ0n) is 15.6. The second-order valence-corrected chi connectivity index (χ2v) is 6.96. The summed E-state index contributed by atoms with van der Waals surface area (Å²) in [4.78, 5) is 5.02. The maximum atomic E-state index is 5.48. The Balaban J connectivity index is 1.73. The van der Waals surface area contributed by atoms with Crippen molar-refractivity contribution in [2.45, 2.75) is 39.9 Å². The van der Waals surface area contributed by atoms with E-state index in [4.69, 9.17) is 9.26 Å². The predicted octanol–water partition coefficient (Wildman–Crippen LogP) is 3.01. The lowest BCUT2D eigenvalue weighted by Gasteiger charge is -2.35. The van der Waals surface area contributed by atoms with E-state index in [-0.39, 0.29) is 0 Å². The van der Waals surface area contributed by atoms with Gasteiger partial charge in [0.05, 0.1) is 18.9 Å². The highest BCUT2D eigenvalue weighted by Crippen LogP contribution is 2.19. The summed E-state index contributed by atoms with van der Waals surface area (Å²) in [6.45, 7) is 12.9. The molecule has 0 aliphatic carbocycles. The van der Waals surface area contributed by atoms with Gasteiger partial charge in [0.15, 0.2) is 0 Å². The quantitative estimate of drug-likeness (QED) is 0.773. The van der Waals surface area contributed by atoms with Gasteiger partial charge in [-0.15, -0.1) is 0 Å². The van der Waals surface area contributed by atoms with E-state index >= 15 is 0 Å². The Bertz CT molecular complexity index is 631. The van der Waals surface area contributed by atoms with Crippen molar-refractivity contribution < 1.29 is 9.26 Å². The molecule has 0 radical (unpaired) electrons. The number of aromatic nitrogens is 1. The Kier molecular flexibility index (Phi) is 6.24. The summed E-state index contributed by atoms with van der Waals surface area (Å²) < 4.78 is 10.9. The summed E-state index contributed by atoms with van der Waals surface area (Å²) in [5.41, 5.74) is 3.54. The van der Waals surface area contributed by atoms with E-state index in [0.717, 1.165) is 57.4 Å². The van der Waals surface area contributed by atoms with Crippen LogP contribution in [-0.2, 0) is 17.8 Å². The first-order chi connectivity index (χ1) is 12.1. The molecule has 1 aliphatic rings. The van der Waals surface area contributed by atoms with Crippen molar-refractivity contribution in [2.24, 2.45) is 0 Å². The van der Waals surface area contributed by atoms with Gasteiger partial charge in [0, 0.05) is 44.3 Å². The minimum absolute atomic E-state index is 0.437. The lowest BCUT2D eigenvalue weighted by molar-refractivity contribution is 0.0225. The predicted molar refractivity (Wildman–Crippen MR) is 98.4 cm³/mol. The highest BCUT2D eigenvalue weighted by atomic mass is 16.5. The second kappa shape index (κ2) is 8.61. The van der Waals surface area contributed by atoms with Crippen LogP contribution in [0.3, 0.4) is 0 Å². The first-order valence-corrected chi connectivity index (χ1v) is 9.13. The summed E-state index contributed by atoms with van der Waals surface area (Å²) in [6, 6.07) is 11.1. The molecule has 3 rings (SSSR count). The van der Waals surface area contributed by atoms with Gasteiger partial charge in [0.1, 0.15) is 5.76 Å². The lowest BCUT2D eigenvalue weighted by Crippen LogP contribution is -2.45. The minimum atomic E-state index is 0.437. The Hall–Kier alpha value is -1.69. The van der Waals surface area contributed by atoms with Crippen molar-refractivity contribution in [2.75, 3.05) is 32.8 Å². The summed E-state index contributed by atoms with van der Waals surface area (Å²) in [6.07, 6.45) is 0. The van der Waals surface area contributed by atoms with Crippen LogP contribution in [-0.4, -0.2) is 53.8 Å². The molecule has 0 unspecified atom stereocenters. The molecule has 1 fully saturated rings. The van der Waals surface area contributed by atoms with Crippen LogP contribution in [0.25, 0.3) is 0 Å². The third kappa shape index (κ3) is 4.91. The molecular formula is C20H29N3O2. The van der Waals surface area contributed by atoms with Gasteiger partial charge in [0.25, 0.3) is 0 Å². The van der Waals surface area contributed by atoms with Crippen molar-refractivity contribution in [1.29, 1.82) is 0 Å². The molecule has 0 amide bonds. The van der Waals surface area contributed by atoms with Crippen molar-refractivity contribution in [3.8, 4) is 0 Å². The number of nitrogens with zero attached hydrogens (tertiary/aromatic N) is 3. The smallest absolute Gasteiger partial charge is 0.138 e. The van der Waals surface area contributed by atoms with Crippen LogP contribution in [0.4, 0.5) is 0 Å². The molecule has 0 spiro atoms. The summed E-state index contributed by atoms with van der Waals surface area (Å²) in [5, 5.41) is 4.12. The van der Waals surface area contributed by atoms with E-state index < -0.39 is 0 Å². The van der Waals surface area contributed by atoms with Gasteiger partial charge in [-0.2, -0.15) is 0 Å². The monoisotopic (exact) mass is 343 g/mol. The molecule has 5 nitrogen and oxygen atoms in total. The fourth-order valence-electron chi connectivity index (χ4n) is 3.39. The molecule has 1 aliphatic heterocycles. The summed E-state index contributed by atoms with van der Waals surface area (Å²) in [5.74, 6) is 0.925. The fourth-order valence-corrected chi connectivity index (χ4v) is 3.39. The SMILES string of the molecule is Cc1noc(C)c1CN(Cc1ccccc1)[C@@H](C)CN1CCOCC1. The van der Waals surface area contributed by atoms with Gasteiger partial charge in [-0.3, -0.25) is 9.80 Å². The Morgan fingerprint density at radius 1 is 1.12 bits per heavy atom. The first-order valence-electron chi connectivity index (χ1n) is 9.13. The Labute approximate surface area is 150 Å². The summed E-state index contributed by atoms with van der Waals surface area (Å²) in [7, 11) is 0. The van der Waals surface area contributed by atoms with Crippen molar-refractivity contribution in [3.05, 3.63) is 52.9 Å². The van der Waals surface area contributed by atoms with E-state index in [1.807, 2.05) is 13.8 Å². The lowest BCUT2D eigenvalue weighted by atomic mass is 10.1. The maximum absolute atomic E-state index is 5.48. The standard InChI is InChI=1S/C20H29N3O2/c1-16(13-22-9-11-24-12-10-22)23(14-19-7-5-4-6-8-19)15-20-17(2)21-25-18(20)3/h4-8,16H,9-15H2,1-3H3/t16-/m0/s1. The highest BCUT2D eigenvalue weighted by Gasteiger charge is 2.22. The van der Waals surface area contributed by atoms with Gasteiger partial charge in [-0.25, -0.2) is 0 Å². The number of hydrogen-bond acceptors (Lipinski definition) is 5. The molecule has 1 saturated heterocycles. The van der Waals surface area contributed by atoms with E-state index in [2.05, 4.69) is 52.2 Å². The molecule has 5 heteroatoms. The number of aryl methyl sites for hydroxylation is 2. The molecule has 136 valence electrons. The van der Waals surface area contributed by atoms with Crippen molar-refractivity contribution in [3.63, 3.8) is 0 Å². The first kappa shape index (κ1) is 18.1. The zero-order chi connectivity index (χ0) is 17.6. The molecule has 2 heterocycles. The van der Waals surface area contributed by atoms with Crippen LogP contribution >= 0.6 is 0 Å². The molecule has 0 saturated carbocycles. The van der Waals surface area contributed by atoms with Crippen LogP contribution in [0.2, 0.25) is 0 Å². The third-order valence-electron chi connectivity index (χ3n) is 5.02. The summed E-state index contributed by atoms with van der Waals surface area (Å²) >= 11 is 0. The van der Waals surface area contributed by atoms with Crippen LogP contribution in [0.1, 0.15) is 29.5 Å². The van der Waals surface area contributed by atoms with E-state index in [0.29, 0.717) is 6.04 Å². The number of rotatable bonds is 7. The Morgan fingerprint density at radius 2 is 1.84 bits per heavy atom. The molecular weight excluding hydrogens is 314 g/mol. The molecule has 25 heavy (non-hydrogen) atoms. The van der Waals surface area contributed by atoms with Crippen LogP contribution in [0.15, 0.2) is 34.9 Å². The van der Waals surface area contributed by atoms with E-state index in [1.165, 1.54) is 11.1 Å². The molecule has 1 atom stereocenters. The molecule has 2 aromatic rings. The second-order valence-electron chi connectivity index (χ2n) is 6.96. The van der Waals surface area contributed by atoms with Crippen LogP contribution in [0.5, 0.6) is 0 Å². The topological polar surface area (TPSA) is 41.7 Å². The number of benzene rings is 1. The zero-order valence-corrected chi connectivity index (χ0v) is 15.6. The third-order valence-corrected chi connectivity index (χ3v) is 5.02. The van der Waals surface area contributed by atoms with E-state index in [9.17, 15) is 0 Å². The molecule has 1 aromatic heterocycles. The number of morpholine rings is 1. The van der Waals surface area contributed by atoms with Crippen molar-refractivity contribution >= 4 is 0 Å². The minimum Gasteiger partial charge on any atom is -0.379 e.